The van der Waals surface area contributed by atoms with Gasteiger partial charge in [0, 0.05) is 37.9 Å². The molecule has 0 aliphatic carbocycles. The van der Waals surface area contributed by atoms with Crippen LogP contribution in [0.5, 0.6) is 0 Å². The van der Waals surface area contributed by atoms with Crippen LogP contribution in [0, 0.1) is 11.7 Å². The Bertz CT molecular complexity index is 765. The molecule has 1 saturated heterocycles. The standard InChI is InChI=1S/C17H20FN5O2.ClH/c1-23-10-11(6-21-23)14-7-19-8-15(14)17(25)20-9-16(24)22-13-4-2-12(18)3-5-13;/h2-6,10,14-15,19H,7-9H2,1H3,(H,20,25)(H,22,24);1H/t14-,15+;/m1./s1. The van der Waals surface area contributed by atoms with Crippen molar-refractivity contribution in [3.8, 4) is 0 Å². The van der Waals surface area contributed by atoms with E-state index in [0.29, 0.717) is 18.8 Å². The normalized spacial score (nSPS) is 18.8. The average Bonchev–Trinajstić information content (AvgIpc) is 3.23. The molecule has 0 radical (unpaired) electrons. The van der Waals surface area contributed by atoms with E-state index in [9.17, 15) is 14.0 Å². The Morgan fingerprint density at radius 2 is 2.04 bits per heavy atom. The summed E-state index contributed by atoms with van der Waals surface area (Å²) in [7, 11) is 1.83. The van der Waals surface area contributed by atoms with E-state index in [0.717, 1.165) is 5.56 Å². The van der Waals surface area contributed by atoms with Crippen molar-refractivity contribution in [1.82, 2.24) is 20.4 Å². The number of halogens is 2. The van der Waals surface area contributed by atoms with Gasteiger partial charge in [-0.05, 0) is 29.8 Å². The van der Waals surface area contributed by atoms with Crippen LogP contribution in [-0.4, -0.2) is 41.2 Å². The molecule has 0 spiro atoms. The number of nitrogens with one attached hydrogen (secondary N) is 3. The van der Waals surface area contributed by atoms with E-state index in [4.69, 9.17) is 0 Å². The molecule has 7 nitrogen and oxygen atoms in total. The lowest BCUT2D eigenvalue weighted by molar-refractivity contribution is -0.127. The second kappa shape index (κ2) is 8.77. The highest BCUT2D eigenvalue weighted by Gasteiger charge is 2.34. The molecule has 140 valence electrons. The van der Waals surface area contributed by atoms with Gasteiger partial charge in [-0.15, -0.1) is 12.4 Å². The molecule has 1 aromatic carbocycles. The van der Waals surface area contributed by atoms with Gasteiger partial charge in [-0.3, -0.25) is 14.3 Å². The molecule has 26 heavy (non-hydrogen) atoms. The summed E-state index contributed by atoms with van der Waals surface area (Å²) in [5.74, 6) is -1.12. The van der Waals surface area contributed by atoms with Crippen LogP contribution in [0.4, 0.5) is 10.1 Å². The molecule has 1 fully saturated rings. The third-order valence-corrected chi connectivity index (χ3v) is 4.26. The first-order valence-corrected chi connectivity index (χ1v) is 8.05. The van der Waals surface area contributed by atoms with Gasteiger partial charge in [0.15, 0.2) is 0 Å². The van der Waals surface area contributed by atoms with Gasteiger partial charge in [-0.25, -0.2) is 4.39 Å². The zero-order valence-corrected chi connectivity index (χ0v) is 15.1. The fourth-order valence-corrected chi connectivity index (χ4v) is 2.97. The number of rotatable bonds is 5. The molecule has 2 atom stereocenters. The maximum Gasteiger partial charge on any atom is 0.243 e. The van der Waals surface area contributed by atoms with Crippen LogP contribution in [0.3, 0.4) is 0 Å². The van der Waals surface area contributed by atoms with E-state index >= 15 is 0 Å². The Labute approximate surface area is 156 Å². The van der Waals surface area contributed by atoms with Crippen LogP contribution in [0.15, 0.2) is 36.7 Å². The van der Waals surface area contributed by atoms with Crippen LogP contribution in [0.2, 0.25) is 0 Å². The Morgan fingerprint density at radius 1 is 1.31 bits per heavy atom. The second-order valence-corrected chi connectivity index (χ2v) is 6.09. The number of anilines is 1. The van der Waals surface area contributed by atoms with Crippen molar-refractivity contribution in [1.29, 1.82) is 0 Å². The van der Waals surface area contributed by atoms with E-state index in [2.05, 4.69) is 21.0 Å². The van der Waals surface area contributed by atoms with Crippen LogP contribution in [0.1, 0.15) is 11.5 Å². The molecule has 2 heterocycles. The van der Waals surface area contributed by atoms with Gasteiger partial charge in [0.05, 0.1) is 18.7 Å². The number of nitrogens with zero attached hydrogens (tertiary/aromatic N) is 2. The van der Waals surface area contributed by atoms with Gasteiger partial charge in [-0.1, -0.05) is 0 Å². The summed E-state index contributed by atoms with van der Waals surface area (Å²) in [4.78, 5) is 24.4. The molecule has 1 aliphatic heterocycles. The smallest absolute Gasteiger partial charge is 0.243 e. The third kappa shape index (κ3) is 4.80. The first-order chi connectivity index (χ1) is 12.0. The fourth-order valence-electron chi connectivity index (χ4n) is 2.97. The van der Waals surface area contributed by atoms with E-state index in [-0.39, 0.29) is 48.4 Å². The van der Waals surface area contributed by atoms with Crippen molar-refractivity contribution < 1.29 is 14.0 Å². The summed E-state index contributed by atoms with van der Waals surface area (Å²) in [6, 6.07) is 5.45. The topological polar surface area (TPSA) is 88.0 Å². The summed E-state index contributed by atoms with van der Waals surface area (Å²) in [6.45, 7) is 1.13. The van der Waals surface area contributed by atoms with Crippen molar-refractivity contribution in [2.75, 3.05) is 25.0 Å². The molecule has 9 heteroatoms. The molecular weight excluding hydrogens is 361 g/mol. The minimum absolute atomic E-state index is 0. The first kappa shape index (κ1) is 19.9. The summed E-state index contributed by atoms with van der Waals surface area (Å²) < 4.78 is 14.6. The minimum Gasteiger partial charge on any atom is -0.347 e. The lowest BCUT2D eigenvalue weighted by atomic mass is 9.90. The van der Waals surface area contributed by atoms with Crippen LogP contribution in [-0.2, 0) is 16.6 Å². The fraction of sp³-hybridized carbons (Fsp3) is 0.353. The number of aryl methyl sites for hydroxylation is 1. The predicted molar refractivity (Wildman–Crippen MR) is 97.6 cm³/mol. The molecule has 3 N–H and O–H groups in total. The maximum atomic E-state index is 12.8. The van der Waals surface area contributed by atoms with Gasteiger partial charge < -0.3 is 16.0 Å². The summed E-state index contributed by atoms with van der Waals surface area (Å²) in [5, 5.41) is 12.6. The molecule has 2 amide bonds. The lowest BCUT2D eigenvalue weighted by Crippen LogP contribution is -2.39. The molecule has 2 aromatic rings. The van der Waals surface area contributed by atoms with E-state index < -0.39 is 0 Å². The monoisotopic (exact) mass is 381 g/mol. The number of carbonyl (C=O) groups excluding carboxylic acids is 2. The Hall–Kier alpha value is -2.45. The summed E-state index contributed by atoms with van der Waals surface area (Å²) in [6.07, 6.45) is 3.67. The number of aromatic nitrogens is 2. The van der Waals surface area contributed by atoms with Gasteiger partial charge in [-0.2, -0.15) is 5.10 Å². The van der Waals surface area contributed by atoms with Crippen molar-refractivity contribution in [2.45, 2.75) is 5.92 Å². The van der Waals surface area contributed by atoms with Crippen molar-refractivity contribution in [3.63, 3.8) is 0 Å². The van der Waals surface area contributed by atoms with Gasteiger partial charge in [0.25, 0.3) is 0 Å². The largest absolute Gasteiger partial charge is 0.347 e. The van der Waals surface area contributed by atoms with Crippen molar-refractivity contribution in [3.05, 3.63) is 48.0 Å². The number of hydrogen-bond donors (Lipinski definition) is 3. The zero-order chi connectivity index (χ0) is 17.8. The lowest BCUT2D eigenvalue weighted by Gasteiger charge is -2.17. The van der Waals surface area contributed by atoms with E-state index in [1.54, 1.807) is 10.9 Å². The zero-order valence-electron chi connectivity index (χ0n) is 14.2. The molecule has 1 aromatic heterocycles. The molecule has 3 rings (SSSR count). The third-order valence-electron chi connectivity index (χ3n) is 4.26. The molecular formula is C17H21ClFN5O2. The maximum absolute atomic E-state index is 12.8. The van der Waals surface area contributed by atoms with Crippen LogP contribution < -0.4 is 16.0 Å². The Balaban J connectivity index is 0.00000243. The molecule has 0 unspecified atom stereocenters. The predicted octanol–water partition coefficient (Wildman–Crippen LogP) is 1.04. The quantitative estimate of drug-likeness (QED) is 0.722. The highest BCUT2D eigenvalue weighted by atomic mass is 35.5. The van der Waals surface area contributed by atoms with E-state index in [1.807, 2.05) is 13.2 Å². The highest BCUT2D eigenvalue weighted by molar-refractivity contribution is 5.95. The van der Waals surface area contributed by atoms with Crippen LogP contribution >= 0.6 is 12.4 Å². The number of amides is 2. The van der Waals surface area contributed by atoms with Gasteiger partial charge in [0.2, 0.25) is 11.8 Å². The SMILES string of the molecule is Cl.Cn1cc([C@H]2CNC[C@@H]2C(=O)NCC(=O)Nc2ccc(F)cc2)cn1. The Morgan fingerprint density at radius 3 is 2.69 bits per heavy atom. The molecule has 1 aliphatic rings. The number of benzene rings is 1. The van der Waals surface area contributed by atoms with Crippen molar-refractivity contribution >= 4 is 29.9 Å². The molecule has 0 bridgehead atoms. The van der Waals surface area contributed by atoms with Crippen molar-refractivity contribution in [2.24, 2.45) is 13.0 Å². The molecule has 0 saturated carbocycles. The highest BCUT2D eigenvalue weighted by Crippen LogP contribution is 2.27. The number of carbonyl (C=O) groups is 2. The summed E-state index contributed by atoms with van der Waals surface area (Å²) >= 11 is 0. The number of hydrogen-bond acceptors (Lipinski definition) is 4. The first-order valence-electron chi connectivity index (χ1n) is 8.05. The van der Waals surface area contributed by atoms with E-state index in [1.165, 1.54) is 24.3 Å². The Kier molecular flexibility index (Phi) is 6.70. The summed E-state index contributed by atoms with van der Waals surface area (Å²) in [5.41, 5.74) is 1.49. The van der Waals surface area contributed by atoms with Crippen LogP contribution in [0.25, 0.3) is 0 Å². The van der Waals surface area contributed by atoms with Gasteiger partial charge >= 0.3 is 0 Å². The minimum atomic E-state index is -0.374. The second-order valence-electron chi connectivity index (χ2n) is 6.09. The van der Waals surface area contributed by atoms with Gasteiger partial charge in [0.1, 0.15) is 5.82 Å². The average molecular weight is 382 g/mol.